The van der Waals surface area contributed by atoms with Gasteiger partial charge in [-0.25, -0.2) is 9.59 Å². The molecule has 0 saturated heterocycles. The van der Waals surface area contributed by atoms with Crippen molar-refractivity contribution in [3.8, 4) is 33.4 Å². The Morgan fingerprint density at radius 1 is 0.510 bits per heavy atom. The molecular weight excluding hydrogens is 629 g/mol. The van der Waals surface area contributed by atoms with E-state index in [-0.39, 0.29) is 25.2 Å². The molecule has 0 amide bonds. The normalized spacial score (nSPS) is 12.7. The molecule has 7 rings (SSSR count). The topological polar surface area (TPSA) is 52.6 Å². The molecule has 1 aliphatic rings. The molecule has 4 nitrogen and oxygen atoms in total. The van der Waals surface area contributed by atoms with Crippen LogP contribution in [0.15, 0.2) is 146 Å². The zero-order valence-electron chi connectivity index (χ0n) is 29.3. The molecule has 0 N–H and O–H groups in total. The van der Waals surface area contributed by atoms with E-state index in [0.29, 0.717) is 24.0 Å². The second-order valence-corrected chi connectivity index (χ2v) is 13.8. The van der Waals surface area contributed by atoms with Gasteiger partial charge in [-0.2, -0.15) is 0 Å². The van der Waals surface area contributed by atoms with Crippen LogP contribution in [0.3, 0.4) is 0 Å². The molecule has 0 unspecified atom stereocenters. The summed E-state index contributed by atoms with van der Waals surface area (Å²) in [5.74, 6) is -0.750. The highest BCUT2D eigenvalue weighted by molar-refractivity contribution is 5.92. The second kappa shape index (κ2) is 14.2. The first-order chi connectivity index (χ1) is 24.7. The van der Waals surface area contributed by atoms with Gasteiger partial charge in [0.15, 0.2) is 0 Å². The van der Waals surface area contributed by atoms with Gasteiger partial charge in [0.05, 0.1) is 13.2 Å². The number of benzene rings is 6. The highest BCUT2D eigenvalue weighted by Gasteiger charge is 2.43. The van der Waals surface area contributed by atoms with Crippen molar-refractivity contribution in [3.63, 3.8) is 0 Å². The molecule has 6 aromatic carbocycles. The van der Waals surface area contributed by atoms with E-state index < -0.39 is 5.41 Å². The minimum atomic E-state index is -0.421. The van der Waals surface area contributed by atoms with Gasteiger partial charge < -0.3 is 9.47 Å². The van der Waals surface area contributed by atoms with Crippen LogP contribution in [0.5, 0.6) is 0 Å². The molecule has 0 aliphatic heterocycles. The average molecular weight is 671 g/mol. The first-order valence-corrected chi connectivity index (χ1v) is 17.7. The minimum absolute atomic E-state index is 0.289. The van der Waals surface area contributed by atoms with E-state index >= 15 is 0 Å². The summed E-state index contributed by atoms with van der Waals surface area (Å²) < 4.78 is 11.2. The van der Waals surface area contributed by atoms with Crippen molar-refractivity contribution in [1.82, 2.24) is 0 Å². The summed E-state index contributed by atoms with van der Waals surface area (Å²) in [6.07, 6.45) is 2.80. The van der Waals surface area contributed by atoms with Crippen LogP contribution in [0.2, 0.25) is 0 Å². The maximum absolute atomic E-state index is 12.4. The Morgan fingerprint density at radius 3 is 1.29 bits per heavy atom. The molecule has 1 aliphatic carbocycles. The SMILES string of the molecule is C=C(C)C(=O)OCCCC1(CCCOC(=O)C(=C)C)c2cc(-c3ccc4ccccc4c3)ccc2-c2ccc(-c3ccc4ccccc4c3)cc21. The Hall–Kier alpha value is -5.74. The lowest BCUT2D eigenvalue weighted by Crippen LogP contribution is -2.27. The second-order valence-electron chi connectivity index (χ2n) is 13.8. The molecule has 0 spiro atoms. The van der Waals surface area contributed by atoms with Gasteiger partial charge in [0.1, 0.15) is 0 Å². The summed E-state index contributed by atoms with van der Waals surface area (Å²) in [6, 6.07) is 43.8. The monoisotopic (exact) mass is 670 g/mol. The summed E-state index contributed by atoms with van der Waals surface area (Å²) in [7, 11) is 0. The number of carbonyl (C=O) groups excluding carboxylic acids is 2. The van der Waals surface area contributed by atoms with Crippen LogP contribution in [0.1, 0.15) is 50.7 Å². The molecule has 51 heavy (non-hydrogen) atoms. The molecule has 0 saturated carbocycles. The van der Waals surface area contributed by atoms with Crippen molar-refractivity contribution >= 4 is 33.5 Å². The van der Waals surface area contributed by atoms with E-state index in [1.54, 1.807) is 13.8 Å². The fourth-order valence-corrected chi connectivity index (χ4v) is 7.58. The molecule has 0 atom stereocenters. The molecule has 0 bridgehead atoms. The highest BCUT2D eigenvalue weighted by Crippen LogP contribution is 2.55. The standard InChI is InChI=1S/C47H42O4/c1-31(2)45(48)50-25-9-23-47(24-10-26-51-46(49)32(3)4)43-29-39(37-17-15-33-11-5-7-13-35(33)27-37)19-21-41(43)42-22-20-40(30-44(42)47)38-18-16-34-12-6-8-14-36(34)28-38/h5-8,11-22,27-30H,1,3,9-10,23-26H2,2,4H3. The third kappa shape index (κ3) is 6.74. The van der Waals surface area contributed by atoms with Crippen LogP contribution in [-0.2, 0) is 24.5 Å². The summed E-state index contributed by atoms with van der Waals surface area (Å²) in [4.78, 5) is 24.7. The maximum Gasteiger partial charge on any atom is 0.333 e. The first-order valence-electron chi connectivity index (χ1n) is 17.7. The van der Waals surface area contributed by atoms with Crippen LogP contribution < -0.4 is 0 Å². The van der Waals surface area contributed by atoms with Crippen LogP contribution in [-0.4, -0.2) is 25.2 Å². The average Bonchev–Trinajstić information content (AvgIpc) is 3.42. The van der Waals surface area contributed by atoms with E-state index in [1.807, 2.05) is 0 Å². The van der Waals surface area contributed by atoms with Gasteiger partial charge in [-0.1, -0.05) is 110 Å². The molecule has 0 radical (unpaired) electrons. The van der Waals surface area contributed by atoms with Crippen molar-refractivity contribution in [1.29, 1.82) is 0 Å². The third-order valence-corrected chi connectivity index (χ3v) is 10.2. The zero-order valence-corrected chi connectivity index (χ0v) is 29.3. The number of rotatable bonds is 12. The van der Waals surface area contributed by atoms with Crippen molar-refractivity contribution in [3.05, 3.63) is 157 Å². The van der Waals surface area contributed by atoms with Crippen LogP contribution in [0.4, 0.5) is 0 Å². The van der Waals surface area contributed by atoms with Gasteiger partial charge >= 0.3 is 11.9 Å². The number of ether oxygens (including phenoxy) is 2. The summed E-state index contributed by atoms with van der Waals surface area (Å²) in [5.41, 5.74) is 9.87. The van der Waals surface area contributed by atoms with Crippen LogP contribution >= 0.6 is 0 Å². The molecule has 0 aromatic heterocycles. The number of fused-ring (bicyclic) bond motifs is 5. The van der Waals surface area contributed by atoms with Gasteiger partial charge in [-0.05, 0) is 130 Å². The molecule has 0 heterocycles. The quantitative estimate of drug-likeness (QED) is 0.0739. The Kier molecular flexibility index (Phi) is 9.42. The highest BCUT2D eigenvalue weighted by atomic mass is 16.5. The lowest BCUT2D eigenvalue weighted by molar-refractivity contribution is -0.139. The van der Waals surface area contributed by atoms with E-state index in [1.165, 1.54) is 43.8 Å². The zero-order chi connectivity index (χ0) is 35.5. The van der Waals surface area contributed by atoms with E-state index in [4.69, 9.17) is 9.47 Å². The Bertz CT molecular complexity index is 2160. The first kappa shape index (κ1) is 33.7. The molecule has 0 fully saturated rings. The van der Waals surface area contributed by atoms with E-state index in [0.717, 1.165) is 35.1 Å². The lowest BCUT2D eigenvalue weighted by Gasteiger charge is -2.33. The predicted molar refractivity (Wildman–Crippen MR) is 209 cm³/mol. The van der Waals surface area contributed by atoms with Gasteiger partial charge in [-0.15, -0.1) is 0 Å². The predicted octanol–water partition coefficient (Wildman–Crippen LogP) is 11.4. The molecule has 6 aromatic rings. The fourth-order valence-electron chi connectivity index (χ4n) is 7.58. The largest absolute Gasteiger partial charge is 0.462 e. The summed E-state index contributed by atoms with van der Waals surface area (Å²) >= 11 is 0. The number of hydrogen-bond acceptors (Lipinski definition) is 4. The van der Waals surface area contributed by atoms with Gasteiger partial charge in [0, 0.05) is 16.6 Å². The smallest absolute Gasteiger partial charge is 0.333 e. The van der Waals surface area contributed by atoms with Crippen LogP contribution in [0.25, 0.3) is 54.9 Å². The summed E-state index contributed by atoms with van der Waals surface area (Å²) in [6.45, 7) is 11.4. The van der Waals surface area contributed by atoms with Crippen molar-refractivity contribution < 1.29 is 19.1 Å². The minimum Gasteiger partial charge on any atom is -0.462 e. The van der Waals surface area contributed by atoms with E-state index in [9.17, 15) is 9.59 Å². The van der Waals surface area contributed by atoms with Crippen molar-refractivity contribution in [2.24, 2.45) is 0 Å². The third-order valence-electron chi connectivity index (χ3n) is 10.2. The molecule has 4 heteroatoms. The Balaban J connectivity index is 1.34. The van der Waals surface area contributed by atoms with E-state index in [2.05, 4.69) is 134 Å². The van der Waals surface area contributed by atoms with Crippen LogP contribution in [0, 0.1) is 0 Å². The maximum atomic E-state index is 12.4. The van der Waals surface area contributed by atoms with Gasteiger partial charge in [0.2, 0.25) is 0 Å². The molecule has 254 valence electrons. The summed E-state index contributed by atoms with van der Waals surface area (Å²) in [5, 5.41) is 4.81. The Labute approximate surface area is 300 Å². The van der Waals surface area contributed by atoms with Gasteiger partial charge in [0.25, 0.3) is 0 Å². The number of hydrogen-bond donors (Lipinski definition) is 0. The van der Waals surface area contributed by atoms with Crippen molar-refractivity contribution in [2.45, 2.75) is 44.9 Å². The number of carbonyl (C=O) groups is 2. The van der Waals surface area contributed by atoms with Crippen molar-refractivity contribution in [2.75, 3.05) is 13.2 Å². The number of esters is 2. The lowest BCUT2D eigenvalue weighted by atomic mass is 9.70. The molecular formula is C47H42O4. The Morgan fingerprint density at radius 2 is 0.882 bits per heavy atom. The fraction of sp³-hybridized carbons (Fsp3) is 0.191. The van der Waals surface area contributed by atoms with Gasteiger partial charge in [-0.3, -0.25) is 0 Å².